The van der Waals surface area contributed by atoms with Gasteiger partial charge in [0.1, 0.15) is 11.1 Å². The highest BCUT2D eigenvalue weighted by molar-refractivity contribution is 5.94. The van der Waals surface area contributed by atoms with E-state index in [1.807, 2.05) is 0 Å². The van der Waals surface area contributed by atoms with Gasteiger partial charge in [-0.3, -0.25) is 40.5 Å². The third kappa shape index (κ3) is 4.94. The summed E-state index contributed by atoms with van der Waals surface area (Å²) in [4.78, 5) is 58.2. The van der Waals surface area contributed by atoms with E-state index in [1.54, 1.807) is 0 Å². The normalized spacial score (nSPS) is 9.75. The van der Waals surface area contributed by atoms with E-state index < -0.39 is 77.0 Å². The Kier molecular flexibility index (Phi) is 7.22. The SMILES string of the molecule is O=C(O)c1ccc([N+](=O)[O-])c([N+](=O)[O-])c1O.O=C(O)c1ccc([N+](=O)[O-])c([N+](=O)[O-])c1O. The van der Waals surface area contributed by atoms with Gasteiger partial charge < -0.3 is 20.4 Å². The van der Waals surface area contributed by atoms with Crippen LogP contribution in [0.5, 0.6) is 11.5 Å². The predicted molar refractivity (Wildman–Crippen MR) is 96.7 cm³/mol. The number of aromatic carboxylic acids is 2. The van der Waals surface area contributed by atoms with E-state index in [0.717, 1.165) is 12.1 Å². The number of carboxylic acids is 2. The van der Waals surface area contributed by atoms with Gasteiger partial charge in [-0.25, -0.2) is 9.59 Å². The van der Waals surface area contributed by atoms with E-state index >= 15 is 0 Å². The second-order valence-electron chi connectivity index (χ2n) is 5.30. The molecule has 0 aromatic heterocycles. The Morgan fingerprint density at radius 3 is 1.06 bits per heavy atom. The van der Waals surface area contributed by atoms with Crippen molar-refractivity contribution >= 4 is 34.7 Å². The van der Waals surface area contributed by atoms with Crippen LogP contribution in [0.4, 0.5) is 22.7 Å². The maximum absolute atomic E-state index is 10.5. The molecule has 0 atom stereocenters. The summed E-state index contributed by atoms with van der Waals surface area (Å²) in [6.45, 7) is 0. The lowest BCUT2D eigenvalue weighted by atomic mass is 10.1. The third-order valence-electron chi connectivity index (χ3n) is 3.48. The Balaban J connectivity index is 0.000000320. The molecule has 0 saturated carbocycles. The van der Waals surface area contributed by atoms with Gasteiger partial charge in [0.25, 0.3) is 0 Å². The fourth-order valence-electron chi connectivity index (χ4n) is 2.14. The second-order valence-corrected chi connectivity index (χ2v) is 5.30. The van der Waals surface area contributed by atoms with Crippen LogP contribution in [0.1, 0.15) is 20.7 Å². The van der Waals surface area contributed by atoms with Crippen molar-refractivity contribution in [1.29, 1.82) is 0 Å². The number of carbonyl (C=O) groups is 2. The molecule has 32 heavy (non-hydrogen) atoms. The van der Waals surface area contributed by atoms with Gasteiger partial charge in [0.05, 0.1) is 19.7 Å². The lowest BCUT2D eigenvalue weighted by Gasteiger charge is -2.00. The number of aromatic hydroxyl groups is 2. The lowest BCUT2D eigenvalue weighted by molar-refractivity contribution is -0.423. The molecule has 0 aliphatic rings. The van der Waals surface area contributed by atoms with Gasteiger partial charge in [0, 0.05) is 12.1 Å². The molecule has 0 fully saturated rings. The van der Waals surface area contributed by atoms with Crippen molar-refractivity contribution in [2.75, 3.05) is 0 Å². The van der Waals surface area contributed by atoms with Crippen LogP contribution < -0.4 is 0 Å². The first kappa shape index (κ1) is 24.6. The number of nitrogens with zero attached hydrogens (tertiary/aromatic N) is 4. The van der Waals surface area contributed by atoms with Crippen LogP contribution in [-0.2, 0) is 0 Å². The number of nitro benzene ring substituents is 4. The van der Waals surface area contributed by atoms with E-state index in [2.05, 4.69) is 0 Å². The number of carboxylic acid groups (broad SMARTS) is 2. The maximum Gasteiger partial charge on any atom is 0.388 e. The van der Waals surface area contributed by atoms with Crippen LogP contribution in [-0.4, -0.2) is 52.1 Å². The van der Waals surface area contributed by atoms with Crippen LogP contribution in [0, 0.1) is 40.5 Å². The predicted octanol–water partition coefficient (Wildman–Crippen LogP) is 1.81. The highest BCUT2D eigenvalue weighted by atomic mass is 16.6. The Morgan fingerprint density at radius 2 is 0.875 bits per heavy atom. The Labute approximate surface area is 172 Å². The van der Waals surface area contributed by atoms with E-state index in [0.29, 0.717) is 12.1 Å². The van der Waals surface area contributed by atoms with Crippen molar-refractivity contribution in [3.8, 4) is 11.5 Å². The van der Waals surface area contributed by atoms with Gasteiger partial charge in [-0.05, 0) is 12.1 Å². The van der Waals surface area contributed by atoms with E-state index in [1.165, 1.54) is 0 Å². The van der Waals surface area contributed by atoms with Crippen molar-refractivity contribution in [3.05, 3.63) is 75.8 Å². The minimum absolute atomic E-state index is 0.654. The molecule has 0 saturated heterocycles. The van der Waals surface area contributed by atoms with Crippen LogP contribution in [0.2, 0.25) is 0 Å². The third-order valence-corrected chi connectivity index (χ3v) is 3.48. The molecule has 4 N–H and O–H groups in total. The van der Waals surface area contributed by atoms with Crippen LogP contribution in [0.3, 0.4) is 0 Å². The minimum atomic E-state index is -1.62. The molecule has 0 aliphatic heterocycles. The number of hydrogen-bond donors (Lipinski definition) is 4. The van der Waals surface area contributed by atoms with Crippen molar-refractivity contribution in [1.82, 2.24) is 0 Å². The zero-order valence-electron chi connectivity index (χ0n) is 15.0. The Morgan fingerprint density at radius 1 is 0.594 bits per heavy atom. The summed E-state index contributed by atoms with van der Waals surface area (Å²) in [7, 11) is 0. The first-order chi connectivity index (χ1) is 14.7. The molecule has 0 spiro atoms. The summed E-state index contributed by atoms with van der Waals surface area (Å²) in [5.74, 6) is -5.69. The molecule has 0 heterocycles. The van der Waals surface area contributed by atoms with Crippen molar-refractivity contribution in [2.45, 2.75) is 0 Å². The summed E-state index contributed by atoms with van der Waals surface area (Å²) in [6, 6.07) is 2.76. The molecule has 18 heteroatoms. The zero-order valence-corrected chi connectivity index (χ0v) is 15.0. The number of benzene rings is 2. The van der Waals surface area contributed by atoms with Crippen molar-refractivity contribution in [3.63, 3.8) is 0 Å². The summed E-state index contributed by atoms with van der Waals surface area (Å²) in [6.07, 6.45) is 0. The summed E-state index contributed by atoms with van der Waals surface area (Å²) in [5.41, 5.74) is -5.93. The molecule has 2 aromatic carbocycles. The molecule has 2 rings (SSSR count). The molecule has 0 bridgehead atoms. The van der Waals surface area contributed by atoms with E-state index in [4.69, 9.17) is 10.2 Å². The Bertz CT molecular complexity index is 1080. The minimum Gasteiger partial charge on any atom is -0.501 e. The summed E-state index contributed by atoms with van der Waals surface area (Å²) < 4.78 is 0. The summed E-state index contributed by atoms with van der Waals surface area (Å²) in [5, 5.41) is 77.3. The van der Waals surface area contributed by atoms with Crippen LogP contribution in [0.15, 0.2) is 24.3 Å². The monoisotopic (exact) mass is 456 g/mol. The Hall–Kier alpha value is -5.42. The molecular weight excluding hydrogens is 448 g/mol. The van der Waals surface area contributed by atoms with Gasteiger partial charge in [-0.1, -0.05) is 0 Å². The highest BCUT2D eigenvalue weighted by Crippen LogP contribution is 2.39. The smallest absolute Gasteiger partial charge is 0.388 e. The number of nitro groups is 4. The molecular formula is C14H8N4O14. The van der Waals surface area contributed by atoms with Gasteiger partial charge in [-0.15, -0.1) is 0 Å². The molecule has 168 valence electrons. The van der Waals surface area contributed by atoms with Crippen LogP contribution >= 0.6 is 0 Å². The fraction of sp³-hybridized carbons (Fsp3) is 0. The second kappa shape index (κ2) is 9.39. The summed E-state index contributed by atoms with van der Waals surface area (Å²) >= 11 is 0. The molecule has 0 aliphatic carbocycles. The van der Waals surface area contributed by atoms with E-state index in [-0.39, 0.29) is 0 Å². The number of hydrogen-bond acceptors (Lipinski definition) is 12. The fourth-order valence-corrected chi connectivity index (χ4v) is 2.14. The molecule has 0 amide bonds. The zero-order chi connectivity index (χ0) is 24.9. The average molecular weight is 456 g/mol. The molecule has 18 nitrogen and oxygen atoms in total. The number of phenols is 2. The van der Waals surface area contributed by atoms with Gasteiger partial charge >= 0.3 is 34.7 Å². The standard InChI is InChI=1S/2C7H4N2O7/c2*10-6-3(7(11)12)1-2-4(8(13)14)5(6)9(15)16/h2*1-2,10H,(H,11,12). The largest absolute Gasteiger partial charge is 0.501 e. The van der Waals surface area contributed by atoms with E-state index in [9.17, 15) is 60.3 Å². The van der Waals surface area contributed by atoms with Gasteiger partial charge in [0.2, 0.25) is 11.5 Å². The van der Waals surface area contributed by atoms with Crippen molar-refractivity contribution in [2.24, 2.45) is 0 Å². The number of rotatable bonds is 6. The van der Waals surface area contributed by atoms with Crippen molar-refractivity contribution < 1.29 is 49.7 Å². The molecule has 0 radical (unpaired) electrons. The van der Waals surface area contributed by atoms with Gasteiger partial charge in [-0.2, -0.15) is 0 Å². The quantitative estimate of drug-likeness (QED) is 0.356. The molecule has 0 unspecified atom stereocenters. The first-order valence-corrected chi connectivity index (χ1v) is 7.48. The first-order valence-electron chi connectivity index (χ1n) is 7.48. The average Bonchev–Trinajstić information content (AvgIpc) is 2.66. The van der Waals surface area contributed by atoms with Crippen LogP contribution in [0.25, 0.3) is 0 Å². The maximum atomic E-state index is 10.5. The molecule has 2 aromatic rings. The topological polar surface area (TPSA) is 288 Å². The lowest BCUT2D eigenvalue weighted by Crippen LogP contribution is -2.02. The van der Waals surface area contributed by atoms with Gasteiger partial charge in [0.15, 0.2) is 0 Å². The highest BCUT2D eigenvalue weighted by Gasteiger charge is 2.33.